The number of aliphatic hydroxyl groups is 1. The number of carbonyl (C=O) groups is 1. The topological polar surface area (TPSA) is 75.6 Å². The molecule has 1 amide bonds. The summed E-state index contributed by atoms with van der Waals surface area (Å²) in [6.07, 6.45) is 1.02. The van der Waals surface area contributed by atoms with Gasteiger partial charge in [0.2, 0.25) is 0 Å². The van der Waals surface area contributed by atoms with E-state index >= 15 is 0 Å². The first kappa shape index (κ1) is 19.7. The Kier molecular flexibility index (Phi) is 5.21. The van der Waals surface area contributed by atoms with Gasteiger partial charge in [0.05, 0.1) is 23.1 Å². The number of carbonyl (C=O) groups excluding carboxylic acids is 1. The first-order valence-corrected chi connectivity index (χ1v) is 9.70. The number of amides is 1. The van der Waals surface area contributed by atoms with Gasteiger partial charge in [0.25, 0.3) is 5.91 Å². The van der Waals surface area contributed by atoms with Crippen LogP contribution in [-0.4, -0.2) is 51.2 Å². The molecule has 2 fully saturated rings. The molecule has 1 aliphatic carbocycles. The van der Waals surface area contributed by atoms with E-state index in [4.69, 9.17) is 4.74 Å². The van der Waals surface area contributed by atoms with Crippen molar-refractivity contribution in [3.63, 3.8) is 0 Å². The van der Waals surface area contributed by atoms with Crippen molar-refractivity contribution < 1.29 is 23.4 Å². The molecular weight excluding hydrogens is 380 g/mol. The molecule has 2 aromatic rings. The van der Waals surface area contributed by atoms with Crippen LogP contribution in [0.15, 0.2) is 24.5 Å². The first-order chi connectivity index (χ1) is 13.8. The van der Waals surface area contributed by atoms with E-state index in [-0.39, 0.29) is 23.5 Å². The summed E-state index contributed by atoms with van der Waals surface area (Å²) in [5, 5.41) is 10.5. The zero-order chi connectivity index (χ0) is 20.7. The number of halogens is 2. The van der Waals surface area contributed by atoms with Gasteiger partial charge in [-0.05, 0) is 50.7 Å². The van der Waals surface area contributed by atoms with E-state index in [9.17, 15) is 18.7 Å². The zero-order valence-corrected chi connectivity index (χ0v) is 16.3. The number of hydrogen-bond acceptors (Lipinski definition) is 5. The number of fused-ring (bicyclic) bond motifs is 1. The molecule has 1 aliphatic heterocycles. The Morgan fingerprint density at radius 3 is 2.45 bits per heavy atom. The molecule has 1 N–H and O–H groups in total. The molecule has 2 aliphatic rings. The highest BCUT2D eigenvalue weighted by Crippen LogP contribution is 2.39. The van der Waals surface area contributed by atoms with Crippen LogP contribution in [0.1, 0.15) is 34.6 Å². The summed E-state index contributed by atoms with van der Waals surface area (Å²) in [7, 11) is 0. The highest BCUT2D eigenvalue weighted by atomic mass is 19.1. The van der Waals surface area contributed by atoms with Crippen LogP contribution in [0.2, 0.25) is 0 Å². The third-order valence-electron chi connectivity index (χ3n) is 5.98. The molecular formula is C21H23F2N3O3. The number of benzene rings is 1. The van der Waals surface area contributed by atoms with Gasteiger partial charge in [-0.25, -0.2) is 18.7 Å². The van der Waals surface area contributed by atoms with Gasteiger partial charge in [0, 0.05) is 19.2 Å². The summed E-state index contributed by atoms with van der Waals surface area (Å²) in [5.41, 5.74) is 1.81. The second kappa shape index (κ2) is 7.67. The molecule has 29 heavy (non-hydrogen) atoms. The number of ether oxygens (including phenoxy) is 1. The minimum atomic E-state index is -0.794. The number of nitrogens with zero attached hydrogens (tertiary/aromatic N) is 3. The van der Waals surface area contributed by atoms with Crippen molar-refractivity contribution in [2.45, 2.75) is 38.9 Å². The van der Waals surface area contributed by atoms with Crippen LogP contribution >= 0.6 is 0 Å². The lowest BCUT2D eigenvalue weighted by atomic mass is 9.78. The van der Waals surface area contributed by atoms with Crippen LogP contribution in [0.4, 0.5) is 8.78 Å². The van der Waals surface area contributed by atoms with E-state index in [0.717, 1.165) is 12.1 Å². The maximum Gasteiger partial charge on any atom is 0.257 e. The van der Waals surface area contributed by atoms with Gasteiger partial charge in [0.1, 0.15) is 18.2 Å². The van der Waals surface area contributed by atoms with Crippen LogP contribution in [0.25, 0.3) is 0 Å². The second-order valence-corrected chi connectivity index (χ2v) is 7.92. The SMILES string of the molecule is Cc1ncnc(C)c1C(=O)N1C[C@H]2C[C@@H](Oc3ccc(F)cc3F)[C@H](O)C[C@H]2C1. The van der Waals surface area contributed by atoms with Gasteiger partial charge in [-0.3, -0.25) is 4.79 Å². The van der Waals surface area contributed by atoms with Crippen molar-refractivity contribution in [3.05, 3.63) is 53.1 Å². The lowest BCUT2D eigenvalue weighted by Crippen LogP contribution is -2.42. The van der Waals surface area contributed by atoms with E-state index in [1.54, 1.807) is 18.7 Å². The van der Waals surface area contributed by atoms with Crippen molar-refractivity contribution in [1.29, 1.82) is 0 Å². The Morgan fingerprint density at radius 1 is 1.14 bits per heavy atom. The summed E-state index contributed by atoms with van der Waals surface area (Å²) < 4.78 is 32.7. The predicted octanol–water partition coefficient (Wildman–Crippen LogP) is 2.66. The smallest absolute Gasteiger partial charge is 0.257 e. The molecule has 0 spiro atoms. The summed E-state index contributed by atoms with van der Waals surface area (Å²) in [6, 6.07) is 3.11. The van der Waals surface area contributed by atoms with E-state index in [1.807, 2.05) is 0 Å². The number of aryl methyl sites for hydroxylation is 2. The van der Waals surface area contributed by atoms with Crippen molar-refractivity contribution in [2.24, 2.45) is 11.8 Å². The standard InChI is InChI=1S/C21H23F2N3O3/c1-11-20(12(2)25-10-24-11)21(28)26-8-13-5-17(27)19(6-14(13)9-26)29-18-4-3-15(22)7-16(18)23/h3-4,7,10,13-14,17,19,27H,5-6,8-9H2,1-2H3/t13-,14+,17+,19+/m0/s1. The fourth-order valence-electron chi connectivity index (χ4n) is 4.48. The largest absolute Gasteiger partial charge is 0.485 e. The average molecular weight is 403 g/mol. The predicted molar refractivity (Wildman–Crippen MR) is 100 cm³/mol. The van der Waals surface area contributed by atoms with E-state index in [1.165, 1.54) is 12.4 Å². The molecule has 1 aromatic carbocycles. The average Bonchev–Trinajstić information content (AvgIpc) is 3.06. The first-order valence-electron chi connectivity index (χ1n) is 9.70. The molecule has 154 valence electrons. The van der Waals surface area contributed by atoms with Crippen molar-refractivity contribution >= 4 is 5.91 Å². The highest BCUT2D eigenvalue weighted by Gasteiger charge is 2.44. The summed E-state index contributed by atoms with van der Waals surface area (Å²) in [6.45, 7) is 4.66. The molecule has 1 saturated carbocycles. The van der Waals surface area contributed by atoms with Gasteiger partial charge in [-0.2, -0.15) is 0 Å². The van der Waals surface area contributed by atoms with Crippen LogP contribution < -0.4 is 4.74 Å². The van der Waals surface area contributed by atoms with Gasteiger partial charge in [0.15, 0.2) is 11.6 Å². The summed E-state index contributed by atoms with van der Waals surface area (Å²) >= 11 is 0. The van der Waals surface area contributed by atoms with E-state index in [2.05, 4.69) is 9.97 Å². The molecule has 4 rings (SSSR count). The Balaban J connectivity index is 1.47. The zero-order valence-electron chi connectivity index (χ0n) is 16.3. The fraction of sp³-hybridized carbons (Fsp3) is 0.476. The maximum absolute atomic E-state index is 13.9. The Morgan fingerprint density at radius 2 is 1.79 bits per heavy atom. The van der Waals surface area contributed by atoms with Crippen molar-refractivity contribution in [1.82, 2.24) is 14.9 Å². The monoisotopic (exact) mass is 403 g/mol. The fourth-order valence-corrected chi connectivity index (χ4v) is 4.48. The minimum absolute atomic E-state index is 0.0764. The Labute approximate surface area is 167 Å². The van der Waals surface area contributed by atoms with Gasteiger partial charge >= 0.3 is 0 Å². The normalized spacial score (nSPS) is 26.3. The summed E-state index contributed by atoms with van der Waals surface area (Å²) in [4.78, 5) is 23.1. The number of aromatic nitrogens is 2. The van der Waals surface area contributed by atoms with Crippen LogP contribution in [0.5, 0.6) is 5.75 Å². The van der Waals surface area contributed by atoms with Crippen LogP contribution in [0.3, 0.4) is 0 Å². The molecule has 8 heteroatoms. The Hall–Kier alpha value is -2.61. The van der Waals surface area contributed by atoms with Crippen LogP contribution in [0, 0.1) is 37.3 Å². The van der Waals surface area contributed by atoms with E-state index < -0.39 is 23.8 Å². The van der Waals surface area contributed by atoms with Crippen molar-refractivity contribution in [3.8, 4) is 5.75 Å². The number of hydrogen-bond donors (Lipinski definition) is 1. The highest BCUT2D eigenvalue weighted by molar-refractivity contribution is 5.96. The van der Waals surface area contributed by atoms with E-state index in [0.29, 0.717) is 42.9 Å². The molecule has 6 nitrogen and oxygen atoms in total. The maximum atomic E-state index is 13.9. The number of aliphatic hydroxyl groups excluding tert-OH is 1. The summed E-state index contributed by atoms with van der Waals surface area (Å²) in [5.74, 6) is -1.37. The molecule has 0 unspecified atom stereocenters. The Bertz CT molecular complexity index is 919. The third-order valence-corrected chi connectivity index (χ3v) is 5.98. The molecule has 1 aromatic heterocycles. The van der Waals surface area contributed by atoms with Crippen LogP contribution in [-0.2, 0) is 0 Å². The quantitative estimate of drug-likeness (QED) is 0.853. The minimum Gasteiger partial charge on any atom is -0.485 e. The van der Waals surface area contributed by atoms with Gasteiger partial charge in [-0.1, -0.05) is 0 Å². The van der Waals surface area contributed by atoms with Gasteiger partial charge in [-0.15, -0.1) is 0 Å². The molecule has 2 heterocycles. The second-order valence-electron chi connectivity index (χ2n) is 7.92. The number of likely N-dealkylation sites (tertiary alicyclic amines) is 1. The molecule has 4 atom stereocenters. The lowest BCUT2D eigenvalue weighted by Gasteiger charge is -2.35. The van der Waals surface area contributed by atoms with Gasteiger partial charge < -0.3 is 14.7 Å². The molecule has 0 bridgehead atoms. The third kappa shape index (κ3) is 3.81. The molecule has 0 radical (unpaired) electrons. The lowest BCUT2D eigenvalue weighted by molar-refractivity contribution is -0.0246. The van der Waals surface area contributed by atoms with Crippen molar-refractivity contribution in [2.75, 3.05) is 13.1 Å². The number of rotatable bonds is 3. The molecule has 1 saturated heterocycles.